The number of anilines is 4. The van der Waals surface area contributed by atoms with Gasteiger partial charge >= 0.3 is 0 Å². The van der Waals surface area contributed by atoms with Gasteiger partial charge in [-0.25, -0.2) is 14.4 Å². The second kappa shape index (κ2) is 7.15. The number of nitriles is 1. The normalized spacial score (nSPS) is 10.6. The summed E-state index contributed by atoms with van der Waals surface area (Å²) in [7, 11) is 0. The van der Waals surface area contributed by atoms with Gasteiger partial charge < -0.3 is 10.6 Å². The Morgan fingerprint density at radius 2 is 1.81 bits per heavy atom. The van der Waals surface area contributed by atoms with Crippen molar-refractivity contribution in [3.05, 3.63) is 65.2 Å². The number of fused-ring (bicyclic) bond motifs is 1. The van der Waals surface area contributed by atoms with Gasteiger partial charge in [0.1, 0.15) is 16.8 Å². The van der Waals surface area contributed by atoms with Crippen LogP contribution in [0.15, 0.2) is 48.8 Å². The first kappa shape index (κ1) is 17.1. The summed E-state index contributed by atoms with van der Waals surface area (Å²) >= 11 is 7.20. The van der Waals surface area contributed by atoms with Gasteiger partial charge in [-0.2, -0.15) is 10.2 Å². The molecule has 0 amide bonds. The Bertz CT molecular complexity index is 1170. The molecule has 0 saturated heterocycles. The lowest BCUT2D eigenvalue weighted by atomic mass is 10.2. The lowest BCUT2D eigenvalue weighted by Gasteiger charge is -2.06. The van der Waals surface area contributed by atoms with Gasteiger partial charge in [0.15, 0.2) is 16.6 Å². The summed E-state index contributed by atoms with van der Waals surface area (Å²) in [5.74, 6) is 0.0646. The van der Waals surface area contributed by atoms with E-state index in [1.54, 1.807) is 30.3 Å². The average Bonchev–Trinajstić information content (AvgIpc) is 3.09. The van der Waals surface area contributed by atoms with Crippen LogP contribution in [-0.2, 0) is 0 Å². The molecule has 2 aromatic heterocycles. The van der Waals surface area contributed by atoms with Crippen LogP contribution >= 0.6 is 22.9 Å². The molecule has 0 radical (unpaired) electrons. The minimum Gasteiger partial charge on any atom is -0.339 e. The molecule has 0 atom stereocenters. The van der Waals surface area contributed by atoms with Crippen molar-refractivity contribution in [2.24, 2.45) is 0 Å². The molecule has 4 aromatic rings. The van der Waals surface area contributed by atoms with Gasteiger partial charge in [0.05, 0.1) is 16.7 Å². The van der Waals surface area contributed by atoms with Crippen LogP contribution in [0.2, 0.25) is 5.02 Å². The molecule has 0 fully saturated rings. The van der Waals surface area contributed by atoms with Crippen LogP contribution < -0.4 is 10.6 Å². The third-order valence-corrected chi connectivity index (χ3v) is 4.90. The number of rotatable bonds is 4. The molecule has 0 aliphatic heterocycles. The predicted molar refractivity (Wildman–Crippen MR) is 104 cm³/mol. The summed E-state index contributed by atoms with van der Waals surface area (Å²) in [6.45, 7) is 0. The van der Waals surface area contributed by atoms with Gasteiger partial charge in [-0.15, -0.1) is 0 Å². The molecule has 2 heterocycles. The Kier molecular flexibility index (Phi) is 4.54. The predicted octanol–water partition coefficient (Wildman–Crippen LogP) is 5.24. The van der Waals surface area contributed by atoms with Crippen LogP contribution in [0.5, 0.6) is 0 Å². The van der Waals surface area contributed by atoms with Gasteiger partial charge in [-0.3, -0.25) is 0 Å². The van der Waals surface area contributed by atoms with Crippen LogP contribution in [0.3, 0.4) is 0 Å². The van der Waals surface area contributed by atoms with E-state index < -0.39 is 5.82 Å². The highest BCUT2D eigenvalue weighted by atomic mass is 35.5. The number of hydrogen-bond donors (Lipinski definition) is 2. The van der Waals surface area contributed by atoms with E-state index in [9.17, 15) is 4.39 Å². The van der Waals surface area contributed by atoms with Crippen molar-refractivity contribution in [2.45, 2.75) is 0 Å². The molecule has 4 rings (SSSR count). The zero-order valence-corrected chi connectivity index (χ0v) is 15.1. The Balaban J connectivity index is 1.63. The molecule has 0 spiro atoms. The molecule has 2 N–H and O–H groups in total. The lowest BCUT2D eigenvalue weighted by Crippen LogP contribution is -1.95. The molecule has 0 aliphatic carbocycles. The van der Waals surface area contributed by atoms with Crippen molar-refractivity contribution in [1.29, 1.82) is 5.26 Å². The first-order chi connectivity index (χ1) is 13.1. The van der Waals surface area contributed by atoms with Crippen LogP contribution in [-0.4, -0.2) is 15.0 Å². The second-order valence-electron chi connectivity index (χ2n) is 5.46. The number of thiazole rings is 1. The Morgan fingerprint density at radius 3 is 2.56 bits per heavy atom. The van der Waals surface area contributed by atoms with Crippen molar-refractivity contribution >= 4 is 55.6 Å². The van der Waals surface area contributed by atoms with E-state index in [2.05, 4.69) is 31.7 Å². The molecule has 0 unspecified atom stereocenters. The lowest BCUT2D eigenvalue weighted by molar-refractivity contribution is 0.628. The van der Waals surface area contributed by atoms with Gasteiger partial charge in [0.25, 0.3) is 0 Å². The maximum absolute atomic E-state index is 13.3. The summed E-state index contributed by atoms with van der Waals surface area (Å²) < 4.78 is 14.1. The van der Waals surface area contributed by atoms with E-state index in [-0.39, 0.29) is 5.02 Å². The molecular formula is C18H10ClFN6S. The SMILES string of the molecule is N#Cc1ccc(Nc2nc3ncnc(Nc4ccc(F)c(Cl)c4)c3s2)cc1. The Labute approximate surface area is 162 Å². The molecule has 9 heteroatoms. The maximum Gasteiger partial charge on any atom is 0.189 e. The van der Waals surface area contributed by atoms with E-state index in [0.717, 1.165) is 10.4 Å². The van der Waals surface area contributed by atoms with Crippen molar-refractivity contribution in [2.75, 3.05) is 10.6 Å². The Hall–Kier alpha value is -3.28. The number of halogens is 2. The minimum atomic E-state index is -0.484. The van der Waals surface area contributed by atoms with Crippen LogP contribution in [0.1, 0.15) is 5.56 Å². The molecule has 0 saturated carbocycles. The molecule has 2 aromatic carbocycles. The number of nitrogens with one attached hydrogen (secondary N) is 2. The van der Waals surface area contributed by atoms with E-state index in [4.69, 9.17) is 16.9 Å². The van der Waals surface area contributed by atoms with Gasteiger partial charge in [-0.1, -0.05) is 22.9 Å². The number of benzene rings is 2. The van der Waals surface area contributed by atoms with Crippen molar-refractivity contribution in [1.82, 2.24) is 15.0 Å². The summed E-state index contributed by atoms with van der Waals surface area (Å²) in [5, 5.41) is 15.8. The summed E-state index contributed by atoms with van der Waals surface area (Å²) in [4.78, 5) is 12.9. The maximum atomic E-state index is 13.3. The summed E-state index contributed by atoms with van der Waals surface area (Å²) in [6.07, 6.45) is 1.40. The van der Waals surface area contributed by atoms with Crippen LogP contribution in [0.25, 0.3) is 10.3 Å². The summed E-state index contributed by atoms with van der Waals surface area (Å²) in [6, 6.07) is 13.5. The smallest absolute Gasteiger partial charge is 0.189 e. The highest BCUT2D eigenvalue weighted by Crippen LogP contribution is 2.33. The topological polar surface area (TPSA) is 86.5 Å². The quantitative estimate of drug-likeness (QED) is 0.490. The van der Waals surface area contributed by atoms with E-state index in [0.29, 0.717) is 27.8 Å². The molecule has 27 heavy (non-hydrogen) atoms. The second-order valence-corrected chi connectivity index (χ2v) is 6.87. The fraction of sp³-hybridized carbons (Fsp3) is 0. The monoisotopic (exact) mass is 396 g/mol. The van der Waals surface area contributed by atoms with Gasteiger partial charge in [0.2, 0.25) is 0 Å². The highest BCUT2D eigenvalue weighted by molar-refractivity contribution is 7.22. The third-order valence-electron chi connectivity index (χ3n) is 3.64. The van der Waals surface area contributed by atoms with Crippen molar-refractivity contribution in [3.8, 4) is 6.07 Å². The largest absolute Gasteiger partial charge is 0.339 e. The number of aromatic nitrogens is 3. The first-order valence-corrected chi connectivity index (χ1v) is 8.92. The molecule has 6 nitrogen and oxygen atoms in total. The van der Waals surface area contributed by atoms with E-state index >= 15 is 0 Å². The van der Waals surface area contributed by atoms with Crippen LogP contribution in [0, 0.1) is 17.1 Å². The first-order valence-electron chi connectivity index (χ1n) is 7.73. The van der Waals surface area contributed by atoms with E-state index in [1.807, 2.05) is 0 Å². The molecule has 132 valence electrons. The fourth-order valence-corrected chi connectivity index (χ4v) is 3.42. The van der Waals surface area contributed by atoms with Crippen molar-refractivity contribution < 1.29 is 4.39 Å². The molecular weight excluding hydrogens is 387 g/mol. The summed E-state index contributed by atoms with van der Waals surface area (Å²) in [5.41, 5.74) is 2.53. The van der Waals surface area contributed by atoms with Crippen molar-refractivity contribution in [3.63, 3.8) is 0 Å². The van der Waals surface area contributed by atoms with E-state index in [1.165, 1.54) is 29.8 Å². The highest BCUT2D eigenvalue weighted by Gasteiger charge is 2.12. The average molecular weight is 397 g/mol. The number of hydrogen-bond acceptors (Lipinski definition) is 7. The minimum absolute atomic E-state index is 0.0257. The van der Waals surface area contributed by atoms with Gasteiger partial charge in [0, 0.05) is 11.4 Å². The zero-order chi connectivity index (χ0) is 18.8. The Morgan fingerprint density at radius 1 is 1.04 bits per heavy atom. The molecule has 0 aliphatic rings. The molecule has 0 bridgehead atoms. The fourth-order valence-electron chi connectivity index (χ4n) is 2.36. The van der Waals surface area contributed by atoms with Crippen LogP contribution in [0.4, 0.5) is 26.7 Å². The number of nitrogens with zero attached hydrogens (tertiary/aromatic N) is 4. The standard InChI is InChI=1S/C18H10ClFN6S/c19-13-7-12(5-6-14(13)20)24-16-15-17(23-9-22-16)26-18(27-15)25-11-3-1-10(8-21)2-4-11/h1-7,9H,(H2,22,23,24,25,26). The van der Waals surface area contributed by atoms with Gasteiger partial charge in [-0.05, 0) is 42.5 Å². The zero-order valence-electron chi connectivity index (χ0n) is 13.6. The third kappa shape index (κ3) is 3.65.